The summed E-state index contributed by atoms with van der Waals surface area (Å²) in [5.74, 6) is 6.24. The predicted molar refractivity (Wildman–Crippen MR) is 81.8 cm³/mol. The van der Waals surface area contributed by atoms with E-state index in [4.69, 9.17) is 5.84 Å². The van der Waals surface area contributed by atoms with Crippen LogP contribution in [0.25, 0.3) is 10.2 Å². The highest BCUT2D eigenvalue weighted by atomic mass is 32.1. The molecule has 2 heterocycles. The van der Waals surface area contributed by atoms with Crippen molar-refractivity contribution in [3.05, 3.63) is 10.9 Å². The first-order valence-corrected chi connectivity index (χ1v) is 7.21. The molecule has 2 rings (SSSR count). The zero-order chi connectivity index (χ0) is 14.5. The van der Waals surface area contributed by atoms with E-state index in [2.05, 4.69) is 26.0 Å². The van der Waals surface area contributed by atoms with Crippen LogP contribution < -0.4 is 21.9 Å². The Morgan fingerprint density at radius 3 is 2.95 bits per heavy atom. The molecule has 0 atom stereocenters. The minimum absolute atomic E-state index is 0.0622. The monoisotopic (exact) mass is 294 g/mol. The number of carbonyl (C=O) groups excluding carboxylic acids is 1. The van der Waals surface area contributed by atoms with Gasteiger partial charge in [0.1, 0.15) is 10.6 Å². The summed E-state index contributed by atoms with van der Waals surface area (Å²) in [5, 5.41) is 6.73. The zero-order valence-corrected chi connectivity index (χ0v) is 12.3. The molecule has 0 aromatic carbocycles. The number of aryl methyl sites for hydroxylation is 1. The Morgan fingerprint density at radius 1 is 1.45 bits per heavy atom. The average molecular weight is 294 g/mol. The second-order valence-electron chi connectivity index (χ2n) is 4.32. The van der Waals surface area contributed by atoms with Crippen molar-refractivity contribution in [1.29, 1.82) is 0 Å². The lowest BCUT2D eigenvalue weighted by Crippen LogP contribution is -2.30. The number of fused-ring (bicyclic) bond motifs is 1. The maximum Gasteiger partial charge on any atom is 0.240 e. The zero-order valence-electron chi connectivity index (χ0n) is 11.5. The number of aromatic nitrogens is 2. The number of carbonyl (C=O) groups is 1. The molecule has 108 valence electrons. The molecule has 0 aliphatic rings. The van der Waals surface area contributed by atoms with Crippen LogP contribution in [0.3, 0.4) is 0 Å². The van der Waals surface area contributed by atoms with Crippen LogP contribution >= 0.6 is 11.3 Å². The summed E-state index contributed by atoms with van der Waals surface area (Å²) in [6, 6.07) is 1.99. The maximum atomic E-state index is 11.6. The minimum Gasteiger partial charge on any atom is -0.360 e. The van der Waals surface area contributed by atoms with Crippen LogP contribution in [0.1, 0.15) is 18.2 Å². The van der Waals surface area contributed by atoms with Gasteiger partial charge >= 0.3 is 0 Å². The highest BCUT2D eigenvalue weighted by Crippen LogP contribution is 2.29. The molecule has 0 spiro atoms. The molecule has 2 aromatic rings. The van der Waals surface area contributed by atoms with Gasteiger partial charge in [0.05, 0.1) is 11.9 Å². The van der Waals surface area contributed by atoms with Crippen molar-refractivity contribution in [2.24, 2.45) is 5.84 Å². The number of hydrogen-bond acceptors (Lipinski definition) is 7. The topological polar surface area (TPSA) is 105 Å². The van der Waals surface area contributed by atoms with Gasteiger partial charge in [-0.25, -0.2) is 10.8 Å². The Balaban J connectivity index is 2.17. The Morgan fingerprint density at radius 2 is 2.25 bits per heavy atom. The molecule has 0 bridgehead atoms. The van der Waals surface area contributed by atoms with Crippen LogP contribution in [-0.2, 0) is 4.79 Å². The van der Waals surface area contributed by atoms with Crippen LogP contribution in [0.15, 0.2) is 6.07 Å². The number of amides is 1. The third kappa shape index (κ3) is 3.34. The fraction of sp³-hybridized carbons (Fsp3) is 0.417. The van der Waals surface area contributed by atoms with Crippen LogP contribution in [0.2, 0.25) is 0 Å². The molecule has 8 heteroatoms. The molecule has 0 fully saturated rings. The summed E-state index contributed by atoms with van der Waals surface area (Å²) in [6.07, 6.45) is 0.911. The lowest BCUT2D eigenvalue weighted by Gasteiger charge is -2.08. The lowest BCUT2D eigenvalue weighted by atomic mass is 10.3. The Kier molecular flexibility index (Phi) is 4.70. The number of nitrogens with zero attached hydrogens (tertiary/aromatic N) is 2. The van der Waals surface area contributed by atoms with Crippen LogP contribution in [0, 0.1) is 6.92 Å². The van der Waals surface area contributed by atoms with Crippen LogP contribution in [0.5, 0.6) is 0 Å². The lowest BCUT2D eigenvalue weighted by molar-refractivity contribution is -0.119. The molecule has 0 aliphatic heterocycles. The number of nitrogens with two attached hydrogens (primary N) is 1. The van der Waals surface area contributed by atoms with E-state index >= 15 is 0 Å². The van der Waals surface area contributed by atoms with E-state index in [-0.39, 0.29) is 12.5 Å². The van der Waals surface area contributed by atoms with Gasteiger partial charge < -0.3 is 10.6 Å². The van der Waals surface area contributed by atoms with Crippen LogP contribution in [-0.4, -0.2) is 29.0 Å². The minimum atomic E-state index is -0.0622. The molecule has 20 heavy (non-hydrogen) atoms. The quantitative estimate of drug-likeness (QED) is 0.472. The summed E-state index contributed by atoms with van der Waals surface area (Å²) < 4.78 is 0. The van der Waals surface area contributed by atoms with E-state index in [1.807, 2.05) is 19.9 Å². The maximum absolute atomic E-state index is 11.6. The Bertz CT molecular complexity index is 611. The molecule has 7 nitrogen and oxygen atoms in total. The third-order valence-electron chi connectivity index (χ3n) is 2.63. The number of nitrogen functional groups attached to an aromatic ring is 1. The largest absolute Gasteiger partial charge is 0.360 e. The van der Waals surface area contributed by atoms with E-state index in [0.29, 0.717) is 18.3 Å². The summed E-state index contributed by atoms with van der Waals surface area (Å²) >= 11 is 1.56. The Labute approximate surface area is 121 Å². The first-order valence-electron chi connectivity index (χ1n) is 6.39. The third-order valence-corrected chi connectivity index (χ3v) is 3.58. The van der Waals surface area contributed by atoms with Gasteiger partial charge in [0.15, 0.2) is 0 Å². The van der Waals surface area contributed by atoms with Gasteiger partial charge in [-0.15, -0.1) is 11.3 Å². The van der Waals surface area contributed by atoms with Crippen molar-refractivity contribution in [3.63, 3.8) is 0 Å². The van der Waals surface area contributed by atoms with Crippen molar-refractivity contribution in [3.8, 4) is 0 Å². The van der Waals surface area contributed by atoms with E-state index in [0.717, 1.165) is 21.5 Å². The number of hydrazine groups is 1. The van der Waals surface area contributed by atoms with Crippen molar-refractivity contribution < 1.29 is 4.79 Å². The standard InChI is InChI=1S/C12H18N6OS/c1-3-4-14-9(19)6-15-10-8-5-7(2)20-11(8)17-12(16-10)18-13/h5H,3-4,6,13H2,1-2H3,(H,14,19)(H2,15,16,17,18). The summed E-state index contributed by atoms with van der Waals surface area (Å²) in [5.41, 5.74) is 2.43. The molecule has 1 amide bonds. The SMILES string of the molecule is CCCNC(=O)CNc1nc(NN)nc2sc(C)cc12. The van der Waals surface area contributed by atoms with Crippen molar-refractivity contribution in [1.82, 2.24) is 15.3 Å². The molecule has 0 saturated carbocycles. The summed E-state index contributed by atoms with van der Waals surface area (Å²) in [6.45, 7) is 4.85. The second-order valence-corrected chi connectivity index (χ2v) is 5.55. The van der Waals surface area contributed by atoms with Gasteiger partial charge in [0.2, 0.25) is 11.9 Å². The number of nitrogens with one attached hydrogen (secondary N) is 3. The summed E-state index contributed by atoms with van der Waals surface area (Å²) in [4.78, 5) is 22.1. The van der Waals surface area contributed by atoms with Gasteiger partial charge in [0.25, 0.3) is 0 Å². The van der Waals surface area contributed by atoms with E-state index < -0.39 is 0 Å². The summed E-state index contributed by atoms with van der Waals surface area (Å²) in [7, 11) is 0. The molecule has 5 N–H and O–H groups in total. The number of rotatable bonds is 6. The average Bonchev–Trinajstić information content (AvgIpc) is 2.82. The fourth-order valence-electron chi connectivity index (χ4n) is 1.73. The van der Waals surface area contributed by atoms with Crippen molar-refractivity contribution in [2.45, 2.75) is 20.3 Å². The molecule has 0 radical (unpaired) electrons. The smallest absolute Gasteiger partial charge is 0.240 e. The van der Waals surface area contributed by atoms with Crippen molar-refractivity contribution >= 4 is 39.2 Å². The van der Waals surface area contributed by atoms with E-state index in [9.17, 15) is 4.79 Å². The van der Waals surface area contributed by atoms with Gasteiger partial charge in [-0.1, -0.05) is 6.92 Å². The molecule has 0 unspecified atom stereocenters. The van der Waals surface area contributed by atoms with Gasteiger partial charge in [0, 0.05) is 11.4 Å². The van der Waals surface area contributed by atoms with Crippen LogP contribution in [0.4, 0.5) is 11.8 Å². The molecule has 0 saturated heterocycles. The van der Waals surface area contributed by atoms with Gasteiger partial charge in [-0.2, -0.15) is 4.98 Å². The van der Waals surface area contributed by atoms with Crippen molar-refractivity contribution in [2.75, 3.05) is 23.8 Å². The first kappa shape index (κ1) is 14.5. The van der Waals surface area contributed by atoms with Gasteiger partial charge in [-0.3, -0.25) is 10.2 Å². The highest BCUT2D eigenvalue weighted by Gasteiger charge is 2.11. The predicted octanol–water partition coefficient (Wildman–Crippen LogP) is 1.22. The molecular formula is C12H18N6OS. The molecular weight excluding hydrogens is 276 g/mol. The number of hydrogen-bond donors (Lipinski definition) is 4. The van der Waals surface area contributed by atoms with E-state index in [1.165, 1.54) is 0 Å². The van der Waals surface area contributed by atoms with E-state index in [1.54, 1.807) is 11.3 Å². The second kappa shape index (κ2) is 6.49. The normalized spacial score (nSPS) is 10.6. The Hall–Kier alpha value is -1.93. The number of thiophene rings is 1. The fourth-order valence-corrected chi connectivity index (χ4v) is 2.61. The highest BCUT2D eigenvalue weighted by molar-refractivity contribution is 7.18. The first-order chi connectivity index (χ1) is 9.63. The number of anilines is 2. The van der Waals surface area contributed by atoms with Gasteiger partial charge in [-0.05, 0) is 19.4 Å². The molecule has 0 aliphatic carbocycles. The molecule has 2 aromatic heterocycles.